The van der Waals surface area contributed by atoms with E-state index in [1.807, 2.05) is 6.20 Å². The van der Waals surface area contributed by atoms with Crippen LogP contribution in [0.5, 0.6) is 0 Å². The van der Waals surface area contributed by atoms with Gasteiger partial charge in [-0.15, -0.1) is 34.9 Å². The molecule has 3 nitrogen and oxygen atoms in total. The first kappa shape index (κ1) is 29.9. The Morgan fingerprint density at radius 3 is 2.07 bits per heavy atom. The number of hydrogen-bond acceptors (Lipinski definition) is 3. The fraction of sp³-hybridized carbons (Fsp3) is 0.135. The Morgan fingerprint density at radius 1 is 0.756 bits per heavy atom. The third kappa shape index (κ3) is 6.62. The summed E-state index contributed by atoms with van der Waals surface area (Å²) in [5.41, 5.74) is 5.66. The number of ketones is 1. The number of fused-ring (bicyclic) bond motifs is 5. The number of nitrogens with zero attached hydrogens (tertiary/aromatic N) is 1. The van der Waals surface area contributed by atoms with E-state index in [1.54, 1.807) is 0 Å². The molecule has 0 saturated carbocycles. The van der Waals surface area contributed by atoms with Crippen molar-refractivity contribution in [1.29, 1.82) is 0 Å². The Kier molecular flexibility index (Phi) is 9.49. The van der Waals surface area contributed by atoms with Crippen molar-refractivity contribution in [1.82, 2.24) is 4.98 Å². The molecule has 6 rings (SSSR count). The van der Waals surface area contributed by atoms with Crippen LogP contribution in [0.4, 0.5) is 0 Å². The van der Waals surface area contributed by atoms with Crippen LogP contribution in [0.25, 0.3) is 54.7 Å². The van der Waals surface area contributed by atoms with Crippen molar-refractivity contribution in [3.05, 3.63) is 127 Å². The van der Waals surface area contributed by atoms with E-state index in [9.17, 15) is 4.79 Å². The van der Waals surface area contributed by atoms with Crippen LogP contribution in [-0.4, -0.2) is 15.9 Å². The monoisotopic (exact) mass is 715 g/mol. The minimum Gasteiger partial charge on any atom is -0.512 e. The summed E-state index contributed by atoms with van der Waals surface area (Å²) in [4.78, 5) is 14.9. The molecule has 1 N–H and O–H groups in total. The fourth-order valence-corrected chi connectivity index (χ4v) is 5.09. The molecule has 0 atom stereocenters. The first-order chi connectivity index (χ1) is 19.3. The number of allylic oxidation sites excluding steroid dienone is 2. The molecule has 6 aromatic rings. The second-order valence-electron chi connectivity index (χ2n) is 10.4. The van der Waals surface area contributed by atoms with Crippen LogP contribution in [0.2, 0.25) is 0 Å². The summed E-state index contributed by atoms with van der Waals surface area (Å²) < 4.78 is 0. The van der Waals surface area contributed by atoms with Gasteiger partial charge in [0.2, 0.25) is 0 Å². The van der Waals surface area contributed by atoms with Gasteiger partial charge in [-0.2, -0.15) is 0 Å². The van der Waals surface area contributed by atoms with Crippen molar-refractivity contribution in [2.75, 3.05) is 0 Å². The molecule has 0 aliphatic carbocycles. The maximum atomic E-state index is 10.0. The quantitative estimate of drug-likeness (QED) is 0.0857. The Morgan fingerprint density at radius 2 is 1.39 bits per heavy atom. The van der Waals surface area contributed by atoms with Crippen LogP contribution in [0, 0.1) is 6.07 Å². The molecule has 41 heavy (non-hydrogen) atoms. The normalized spacial score (nSPS) is 11.3. The summed E-state index contributed by atoms with van der Waals surface area (Å²) >= 11 is 0. The van der Waals surface area contributed by atoms with Gasteiger partial charge in [0.25, 0.3) is 0 Å². The number of pyridine rings is 1. The first-order valence-electron chi connectivity index (χ1n) is 13.5. The molecular formula is C37H32IrNO2-. The molecule has 5 aromatic carbocycles. The zero-order valence-corrected chi connectivity index (χ0v) is 26.0. The van der Waals surface area contributed by atoms with Gasteiger partial charge in [-0.3, -0.25) is 4.79 Å². The number of carbonyl (C=O) groups excluding carboxylic acids is 1. The summed E-state index contributed by atoms with van der Waals surface area (Å²) in [5, 5.41) is 15.9. The molecule has 207 valence electrons. The third-order valence-corrected chi connectivity index (χ3v) is 6.95. The van der Waals surface area contributed by atoms with E-state index < -0.39 is 0 Å². The first-order valence-corrected chi connectivity index (χ1v) is 13.5. The SMILES string of the molecule is CC(=O)/C=C(/C)O.CC(C)c1[c-]c(-c2nccc3c2ccc2c4ccccc4ccc32)cc(-c2ccccc2)c1.[Ir]. The molecule has 0 aliphatic rings. The largest absolute Gasteiger partial charge is 0.512 e. The van der Waals surface area contributed by atoms with Gasteiger partial charge in [-0.1, -0.05) is 92.7 Å². The van der Waals surface area contributed by atoms with Crippen molar-refractivity contribution in [2.45, 2.75) is 33.6 Å². The van der Waals surface area contributed by atoms with Gasteiger partial charge < -0.3 is 10.1 Å². The maximum absolute atomic E-state index is 10.0. The summed E-state index contributed by atoms with van der Waals surface area (Å²) in [7, 11) is 0. The van der Waals surface area contributed by atoms with Gasteiger partial charge in [0.1, 0.15) is 0 Å². The number of aliphatic hydroxyl groups excluding tert-OH is 1. The smallest absolute Gasteiger partial charge is 0.155 e. The molecule has 0 amide bonds. The van der Waals surface area contributed by atoms with Gasteiger partial charge >= 0.3 is 0 Å². The molecule has 1 radical (unpaired) electrons. The second kappa shape index (κ2) is 13.0. The van der Waals surface area contributed by atoms with E-state index in [0.29, 0.717) is 5.92 Å². The summed E-state index contributed by atoms with van der Waals surface area (Å²) in [6, 6.07) is 38.4. The van der Waals surface area contributed by atoms with Gasteiger partial charge in [-0.05, 0) is 69.4 Å². The summed E-state index contributed by atoms with van der Waals surface area (Å²) in [6.45, 7) is 7.29. The molecule has 0 bridgehead atoms. The molecule has 0 aliphatic heterocycles. The van der Waals surface area contributed by atoms with Gasteiger partial charge in [0, 0.05) is 32.4 Å². The second-order valence-corrected chi connectivity index (χ2v) is 10.4. The van der Waals surface area contributed by atoms with E-state index >= 15 is 0 Å². The van der Waals surface area contributed by atoms with Crippen LogP contribution < -0.4 is 0 Å². The minimum absolute atomic E-state index is 0. The molecule has 0 unspecified atom stereocenters. The molecule has 1 aromatic heterocycles. The van der Waals surface area contributed by atoms with E-state index in [-0.39, 0.29) is 31.6 Å². The van der Waals surface area contributed by atoms with E-state index in [4.69, 9.17) is 10.1 Å². The van der Waals surface area contributed by atoms with Crippen molar-refractivity contribution >= 4 is 38.1 Å². The summed E-state index contributed by atoms with van der Waals surface area (Å²) in [5.74, 6) is 0.321. The molecule has 0 fully saturated rings. The Bertz CT molecular complexity index is 1870. The molecule has 0 saturated heterocycles. The standard InChI is InChI=1S/C32H24N.C5H8O2.Ir/c1-21(2)24-18-25(22-8-4-3-5-9-22)20-26(19-24)32-31-15-14-28-27-11-7-6-10-23(27)12-13-29(28)30(31)16-17-33-32;1-4(6)3-5(2)7;/h3-18,20-21H,1-2H3;3,6H,1-2H3;/q-1;;/b;4-3-;. The maximum Gasteiger partial charge on any atom is 0.155 e. The Hall–Kier alpha value is -4.11. The van der Waals surface area contributed by atoms with E-state index in [0.717, 1.165) is 16.6 Å². The van der Waals surface area contributed by atoms with Gasteiger partial charge in [0.05, 0.1) is 5.76 Å². The third-order valence-electron chi connectivity index (χ3n) is 6.95. The molecular weight excluding hydrogens is 683 g/mol. The average molecular weight is 715 g/mol. The zero-order chi connectivity index (χ0) is 28.2. The van der Waals surface area contributed by atoms with Crippen LogP contribution in [-0.2, 0) is 24.9 Å². The van der Waals surface area contributed by atoms with Crippen molar-refractivity contribution in [3.63, 3.8) is 0 Å². The fourth-order valence-electron chi connectivity index (χ4n) is 5.09. The van der Waals surface area contributed by atoms with E-state index in [2.05, 4.69) is 117 Å². The number of aromatic nitrogens is 1. The van der Waals surface area contributed by atoms with E-state index in [1.165, 1.54) is 63.5 Å². The van der Waals surface area contributed by atoms with Crippen LogP contribution in [0.3, 0.4) is 0 Å². The topological polar surface area (TPSA) is 50.2 Å². The number of hydrogen-bond donors (Lipinski definition) is 1. The number of rotatable bonds is 4. The van der Waals surface area contributed by atoms with Crippen LogP contribution in [0.15, 0.2) is 115 Å². The van der Waals surface area contributed by atoms with Crippen molar-refractivity contribution < 1.29 is 30.0 Å². The number of benzene rings is 5. The van der Waals surface area contributed by atoms with Crippen LogP contribution >= 0.6 is 0 Å². The average Bonchev–Trinajstić information content (AvgIpc) is 2.96. The number of carbonyl (C=O) groups is 1. The predicted octanol–water partition coefficient (Wildman–Crippen LogP) is 9.83. The molecule has 4 heteroatoms. The Labute approximate surface area is 254 Å². The summed E-state index contributed by atoms with van der Waals surface area (Å²) in [6.07, 6.45) is 3.10. The zero-order valence-electron chi connectivity index (χ0n) is 23.6. The molecule has 1 heterocycles. The van der Waals surface area contributed by atoms with Crippen molar-refractivity contribution in [2.24, 2.45) is 0 Å². The van der Waals surface area contributed by atoms with Gasteiger partial charge in [-0.25, -0.2) is 0 Å². The predicted molar refractivity (Wildman–Crippen MR) is 168 cm³/mol. The Balaban J connectivity index is 0.000000434. The minimum atomic E-state index is -0.125. The number of aliphatic hydroxyl groups is 1. The molecule has 0 spiro atoms. The van der Waals surface area contributed by atoms with Crippen LogP contribution in [0.1, 0.15) is 39.2 Å². The van der Waals surface area contributed by atoms with Crippen molar-refractivity contribution in [3.8, 4) is 22.4 Å². The van der Waals surface area contributed by atoms with Gasteiger partial charge in [0.15, 0.2) is 5.78 Å².